The highest BCUT2D eigenvalue weighted by Gasteiger charge is 2.29. The molecule has 0 aliphatic carbocycles. The van der Waals surface area contributed by atoms with Crippen molar-refractivity contribution in [3.63, 3.8) is 0 Å². The zero-order chi connectivity index (χ0) is 19.3. The van der Waals surface area contributed by atoms with Gasteiger partial charge in [-0.1, -0.05) is 42.5 Å². The standard InChI is InChI=1S/C18H22BrN3O3S/c1-14(15-9-5-4-6-10-15)20-18(23)13-22(26(24,25)21(2)3)17-12-8-7-11-16(17)19/h4-12,14H,13H2,1-3H3,(H,20,23)/t14-/m1/s1. The van der Waals surface area contributed by atoms with Crippen LogP contribution in [-0.4, -0.2) is 39.3 Å². The highest BCUT2D eigenvalue weighted by Crippen LogP contribution is 2.28. The monoisotopic (exact) mass is 439 g/mol. The Morgan fingerprint density at radius 2 is 1.65 bits per heavy atom. The Bertz CT molecular complexity index is 857. The van der Waals surface area contributed by atoms with E-state index in [1.807, 2.05) is 37.3 Å². The quantitative estimate of drug-likeness (QED) is 0.720. The number of nitrogens with one attached hydrogen (secondary N) is 1. The third kappa shape index (κ3) is 4.84. The van der Waals surface area contributed by atoms with Crippen LogP contribution >= 0.6 is 15.9 Å². The maximum absolute atomic E-state index is 12.7. The number of carbonyl (C=O) groups is 1. The fraction of sp³-hybridized carbons (Fsp3) is 0.278. The zero-order valence-corrected chi connectivity index (χ0v) is 17.3. The van der Waals surface area contributed by atoms with Crippen LogP contribution in [0.5, 0.6) is 0 Å². The lowest BCUT2D eigenvalue weighted by molar-refractivity contribution is -0.120. The summed E-state index contributed by atoms with van der Waals surface area (Å²) in [5.74, 6) is -0.387. The van der Waals surface area contributed by atoms with Gasteiger partial charge in [-0.05, 0) is 40.5 Å². The Labute approximate surface area is 163 Å². The minimum absolute atomic E-state index is 0.230. The normalized spacial score (nSPS) is 12.7. The number of carbonyl (C=O) groups excluding carboxylic acids is 1. The molecule has 0 bridgehead atoms. The number of halogens is 1. The molecule has 2 rings (SSSR count). The van der Waals surface area contributed by atoms with Crippen molar-refractivity contribution >= 4 is 37.7 Å². The maximum atomic E-state index is 12.7. The van der Waals surface area contributed by atoms with E-state index in [4.69, 9.17) is 0 Å². The van der Waals surface area contributed by atoms with Gasteiger partial charge in [0.25, 0.3) is 0 Å². The first-order chi connectivity index (χ1) is 12.2. The summed E-state index contributed by atoms with van der Waals surface area (Å²) in [7, 11) is -0.966. The molecule has 26 heavy (non-hydrogen) atoms. The van der Waals surface area contributed by atoms with Crippen LogP contribution in [0.1, 0.15) is 18.5 Å². The molecule has 0 radical (unpaired) electrons. The van der Waals surface area contributed by atoms with Gasteiger partial charge >= 0.3 is 10.2 Å². The van der Waals surface area contributed by atoms with Crippen molar-refractivity contribution in [2.45, 2.75) is 13.0 Å². The summed E-state index contributed by atoms with van der Waals surface area (Å²) in [5, 5.41) is 2.85. The minimum atomic E-state index is -3.83. The Hall–Kier alpha value is -1.90. The van der Waals surface area contributed by atoms with Gasteiger partial charge in [0.1, 0.15) is 6.54 Å². The Morgan fingerprint density at radius 3 is 2.23 bits per heavy atom. The van der Waals surface area contributed by atoms with Crippen molar-refractivity contribution < 1.29 is 13.2 Å². The maximum Gasteiger partial charge on any atom is 0.304 e. The lowest BCUT2D eigenvalue weighted by atomic mass is 10.1. The molecule has 0 spiro atoms. The molecule has 1 amide bonds. The predicted octanol–water partition coefficient (Wildman–Crippen LogP) is 2.94. The van der Waals surface area contributed by atoms with Gasteiger partial charge in [0.05, 0.1) is 11.7 Å². The summed E-state index contributed by atoms with van der Waals surface area (Å²) < 4.78 is 28.2. The molecule has 0 aromatic heterocycles. The number of hydrogen-bond donors (Lipinski definition) is 1. The second-order valence-electron chi connectivity index (χ2n) is 5.95. The summed E-state index contributed by atoms with van der Waals surface area (Å²) in [4.78, 5) is 12.5. The zero-order valence-electron chi connectivity index (χ0n) is 14.9. The first-order valence-electron chi connectivity index (χ1n) is 8.02. The van der Waals surface area contributed by atoms with Gasteiger partial charge < -0.3 is 5.32 Å². The molecule has 0 heterocycles. The van der Waals surface area contributed by atoms with Gasteiger partial charge in [-0.15, -0.1) is 0 Å². The fourth-order valence-corrected chi connectivity index (χ4v) is 4.08. The topological polar surface area (TPSA) is 69.7 Å². The van der Waals surface area contributed by atoms with Crippen molar-refractivity contribution in [2.75, 3.05) is 24.9 Å². The van der Waals surface area contributed by atoms with E-state index < -0.39 is 10.2 Å². The summed E-state index contributed by atoms with van der Waals surface area (Å²) in [6.45, 7) is 1.54. The van der Waals surface area contributed by atoms with Crippen LogP contribution in [0.25, 0.3) is 0 Å². The summed E-state index contributed by atoms with van der Waals surface area (Å²) in [6.07, 6.45) is 0. The average Bonchev–Trinajstić information content (AvgIpc) is 2.61. The molecule has 0 aliphatic heterocycles. The third-order valence-electron chi connectivity index (χ3n) is 3.83. The van der Waals surface area contributed by atoms with Crippen LogP contribution in [0.15, 0.2) is 59.1 Å². The predicted molar refractivity (Wildman–Crippen MR) is 107 cm³/mol. The summed E-state index contributed by atoms with van der Waals surface area (Å²) in [6, 6.07) is 16.2. The molecule has 0 unspecified atom stereocenters. The van der Waals surface area contributed by atoms with Crippen molar-refractivity contribution in [3.8, 4) is 0 Å². The second-order valence-corrected chi connectivity index (χ2v) is 8.87. The molecule has 0 fully saturated rings. The fourth-order valence-electron chi connectivity index (χ4n) is 2.38. The highest BCUT2D eigenvalue weighted by atomic mass is 79.9. The first kappa shape index (κ1) is 20.4. The van der Waals surface area contributed by atoms with E-state index in [-0.39, 0.29) is 18.5 Å². The molecule has 140 valence electrons. The lowest BCUT2D eigenvalue weighted by Gasteiger charge is -2.28. The largest absolute Gasteiger partial charge is 0.348 e. The summed E-state index contributed by atoms with van der Waals surface area (Å²) >= 11 is 3.36. The molecule has 0 saturated carbocycles. The van der Waals surface area contributed by atoms with E-state index in [1.54, 1.807) is 24.3 Å². The molecule has 2 aromatic carbocycles. The minimum Gasteiger partial charge on any atom is -0.348 e. The molecular formula is C18H22BrN3O3S. The molecule has 0 saturated heterocycles. The third-order valence-corrected chi connectivity index (χ3v) is 6.30. The average molecular weight is 440 g/mol. The van der Waals surface area contributed by atoms with Gasteiger partial charge in [0, 0.05) is 18.6 Å². The van der Waals surface area contributed by atoms with E-state index in [1.165, 1.54) is 14.1 Å². The van der Waals surface area contributed by atoms with Crippen molar-refractivity contribution in [1.82, 2.24) is 9.62 Å². The van der Waals surface area contributed by atoms with Crippen molar-refractivity contribution in [1.29, 1.82) is 0 Å². The first-order valence-corrected chi connectivity index (χ1v) is 10.2. The number of benzene rings is 2. The van der Waals surface area contributed by atoms with Crippen LogP contribution < -0.4 is 9.62 Å². The van der Waals surface area contributed by atoms with Gasteiger partial charge in [-0.2, -0.15) is 12.7 Å². The van der Waals surface area contributed by atoms with Crippen LogP contribution in [0.2, 0.25) is 0 Å². The number of para-hydroxylation sites is 1. The Kier molecular flexibility index (Phi) is 6.80. The Morgan fingerprint density at radius 1 is 1.08 bits per heavy atom. The molecule has 2 aromatic rings. The SMILES string of the molecule is C[C@@H](NC(=O)CN(c1ccccc1Br)S(=O)(=O)N(C)C)c1ccccc1. The van der Waals surface area contributed by atoms with Crippen molar-refractivity contribution in [2.24, 2.45) is 0 Å². The molecule has 1 N–H and O–H groups in total. The number of amides is 1. The van der Waals surface area contributed by atoms with Gasteiger partial charge in [0.2, 0.25) is 5.91 Å². The Balaban J connectivity index is 2.25. The smallest absolute Gasteiger partial charge is 0.304 e. The van der Waals surface area contributed by atoms with E-state index in [0.29, 0.717) is 10.2 Å². The van der Waals surface area contributed by atoms with Crippen LogP contribution in [0.3, 0.4) is 0 Å². The lowest BCUT2D eigenvalue weighted by Crippen LogP contribution is -2.46. The van der Waals surface area contributed by atoms with E-state index in [2.05, 4.69) is 21.2 Å². The highest BCUT2D eigenvalue weighted by molar-refractivity contribution is 9.10. The molecular weight excluding hydrogens is 418 g/mol. The summed E-state index contributed by atoms with van der Waals surface area (Å²) in [5.41, 5.74) is 1.35. The van der Waals surface area contributed by atoms with Gasteiger partial charge in [0.15, 0.2) is 0 Å². The van der Waals surface area contributed by atoms with Crippen molar-refractivity contribution in [3.05, 3.63) is 64.6 Å². The van der Waals surface area contributed by atoms with E-state index >= 15 is 0 Å². The molecule has 8 heteroatoms. The number of nitrogens with zero attached hydrogens (tertiary/aromatic N) is 2. The number of rotatable bonds is 7. The van der Waals surface area contributed by atoms with Gasteiger partial charge in [-0.25, -0.2) is 4.31 Å². The van der Waals surface area contributed by atoms with Crippen LogP contribution in [0, 0.1) is 0 Å². The van der Waals surface area contributed by atoms with E-state index in [9.17, 15) is 13.2 Å². The van der Waals surface area contributed by atoms with Crippen LogP contribution in [0.4, 0.5) is 5.69 Å². The number of hydrogen-bond acceptors (Lipinski definition) is 3. The molecule has 1 atom stereocenters. The van der Waals surface area contributed by atoms with Gasteiger partial charge in [-0.3, -0.25) is 4.79 Å². The molecule has 0 aliphatic rings. The number of anilines is 1. The second kappa shape index (κ2) is 8.66. The van der Waals surface area contributed by atoms with E-state index in [0.717, 1.165) is 14.2 Å². The van der Waals surface area contributed by atoms with Crippen LogP contribution in [-0.2, 0) is 15.0 Å². The molecule has 6 nitrogen and oxygen atoms in total.